The summed E-state index contributed by atoms with van der Waals surface area (Å²) < 4.78 is 16.1. The largest absolute Gasteiger partial charge is 0.497 e. The normalized spacial score (nSPS) is 11.7. The number of ether oxygens (including phenoxy) is 2. The molecule has 22 heavy (non-hydrogen) atoms. The van der Waals surface area contributed by atoms with Gasteiger partial charge < -0.3 is 13.9 Å². The number of para-hydroxylation sites is 2. The third-order valence-electron chi connectivity index (χ3n) is 3.17. The molecule has 0 saturated carbocycles. The number of halogens is 1. The number of hydrogen-bond acceptors (Lipinski definition) is 4. The van der Waals surface area contributed by atoms with E-state index in [2.05, 4.69) is 4.98 Å². The first kappa shape index (κ1) is 14.5. The Morgan fingerprint density at radius 3 is 2.41 bits per heavy atom. The Balaban J connectivity index is 2.00. The van der Waals surface area contributed by atoms with Crippen LogP contribution in [0.2, 0.25) is 0 Å². The molecule has 0 amide bonds. The topological polar surface area (TPSA) is 44.5 Å². The van der Waals surface area contributed by atoms with Crippen LogP contribution in [0.15, 0.2) is 46.9 Å². The highest BCUT2D eigenvalue weighted by Gasteiger charge is 2.09. The SMILES string of the molecule is COc1cc(/C=C(\Cl)c2nc3ccccc3o2)cc(OC)c1. The van der Waals surface area contributed by atoms with Gasteiger partial charge in [-0.25, -0.2) is 4.98 Å². The van der Waals surface area contributed by atoms with E-state index in [0.29, 0.717) is 28.0 Å². The lowest BCUT2D eigenvalue weighted by Crippen LogP contribution is -1.88. The maximum Gasteiger partial charge on any atom is 0.238 e. The Kier molecular flexibility index (Phi) is 4.02. The zero-order valence-electron chi connectivity index (χ0n) is 12.2. The van der Waals surface area contributed by atoms with Gasteiger partial charge in [-0.2, -0.15) is 0 Å². The van der Waals surface area contributed by atoms with Gasteiger partial charge in [0, 0.05) is 6.07 Å². The lowest BCUT2D eigenvalue weighted by atomic mass is 10.2. The summed E-state index contributed by atoms with van der Waals surface area (Å²) in [6.45, 7) is 0. The summed E-state index contributed by atoms with van der Waals surface area (Å²) in [4.78, 5) is 4.36. The predicted octanol–water partition coefficient (Wildman–Crippen LogP) is 4.58. The van der Waals surface area contributed by atoms with Gasteiger partial charge in [-0.3, -0.25) is 0 Å². The zero-order chi connectivity index (χ0) is 15.5. The molecule has 0 radical (unpaired) electrons. The highest BCUT2D eigenvalue weighted by atomic mass is 35.5. The number of oxazole rings is 1. The van der Waals surface area contributed by atoms with E-state index < -0.39 is 0 Å². The number of benzene rings is 2. The monoisotopic (exact) mass is 315 g/mol. The van der Waals surface area contributed by atoms with E-state index in [9.17, 15) is 0 Å². The molecule has 3 rings (SSSR count). The van der Waals surface area contributed by atoms with E-state index in [1.165, 1.54) is 0 Å². The molecule has 0 aliphatic heterocycles. The second kappa shape index (κ2) is 6.12. The number of rotatable bonds is 4. The molecule has 4 nitrogen and oxygen atoms in total. The van der Waals surface area contributed by atoms with Gasteiger partial charge in [0.1, 0.15) is 22.0 Å². The molecule has 0 aliphatic rings. The Hall–Kier alpha value is -2.46. The van der Waals surface area contributed by atoms with Gasteiger partial charge in [0.15, 0.2) is 5.58 Å². The van der Waals surface area contributed by atoms with Crippen LogP contribution in [0.3, 0.4) is 0 Å². The van der Waals surface area contributed by atoms with Gasteiger partial charge in [0.25, 0.3) is 0 Å². The van der Waals surface area contributed by atoms with Crippen LogP contribution >= 0.6 is 11.6 Å². The van der Waals surface area contributed by atoms with E-state index in [1.807, 2.05) is 36.4 Å². The van der Waals surface area contributed by atoms with Gasteiger partial charge >= 0.3 is 0 Å². The van der Waals surface area contributed by atoms with E-state index in [4.69, 9.17) is 25.5 Å². The molecule has 1 aromatic heterocycles. The number of nitrogens with zero attached hydrogens (tertiary/aromatic N) is 1. The first-order valence-electron chi connectivity index (χ1n) is 6.66. The molecular weight excluding hydrogens is 302 g/mol. The van der Waals surface area contributed by atoms with Crippen molar-refractivity contribution in [2.75, 3.05) is 14.2 Å². The molecule has 0 aliphatic carbocycles. The Morgan fingerprint density at radius 1 is 1.09 bits per heavy atom. The van der Waals surface area contributed by atoms with Crippen molar-refractivity contribution in [1.29, 1.82) is 0 Å². The quantitative estimate of drug-likeness (QED) is 0.706. The predicted molar refractivity (Wildman–Crippen MR) is 87.3 cm³/mol. The summed E-state index contributed by atoms with van der Waals surface area (Å²) in [5.74, 6) is 1.75. The number of hydrogen-bond donors (Lipinski definition) is 0. The molecule has 1 heterocycles. The molecule has 0 fully saturated rings. The van der Waals surface area contributed by atoms with Crippen LogP contribution in [-0.4, -0.2) is 19.2 Å². The average molecular weight is 316 g/mol. The van der Waals surface area contributed by atoms with Crippen LogP contribution in [-0.2, 0) is 0 Å². The molecule has 112 valence electrons. The van der Waals surface area contributed by atoms with Crippen LogP contribution in [0, 0.1) is 0 Å². The summed E-state index contributed by atoms with van der Waals surface area (Å²) in [7, 11) is 3.20. The first-order valence-corrected chi connectivity index (χ1v) is 7.03. The maximum absolute atomic E-state index is 6.33. The Bertz CT molecular complexity index is 784. The van der Waals surface area contributed by atoms with Gasteiger partial charge in [0.05, 0.1) is 14.2 Å². The summed E-state index contributed by atoms with van der Waals surface area (Å²) in [5.41, 5.74) is 2.31. The molecule has 3 aromatic rings. The van der Waals surface area contributed by atoms with E-state index in [-0.39, 0.29) is 0 Å². The van der Waals surface area contributed by atoms with E-state index >= 15 is 0 Å². The Morgan fingerprint density at radius 2 is 1.77 bits per heavy atom. The van der Waals surface area contributed by atoms with Crippen molar-refractivity contribution in [3.8, 4) is 11.5 Å². The van der Waals surface area contributed by atoms with Crippen molar-refractivity contribution in [2.24, 2.45) is 0 Å². The third kappa shape index (κ3) is 2.92. The lowest BCUT2D eigenvalue weighted by Gasteiger charge is -2.06. The molecule has 0 atom stereocenters. The first-order chi connectivity index (χ1) is 10.7. The summed E-state index contributed by atoms with van der Waals surface area (Å²) in [6.07, 6.45) is 1.76. The van der Waals surface area contributed by atoms with Crippen molar-refractivity contribution >= 4 is 33.8 Å². The number of fused-ring (bicyclic) bond motifs is 1. The van der Waals surface area contributed by atoms with Crippen molar-refractivity contribution in [1.82, 2.24) is 4.98 Å². The standard InChI is InChI=1S/C17H14ClNO3/c1-20-12-7-11(8-13(10-12)21-2)9-14(18)17-19-15-5-3-4-6-16(15)22-17/h3-10H,1-2H3/b14-9-. The van der Waals surface area contributed by atoms with Crippen molar-refractivity contribution in [3.05, 3.63) is 53.9 Å². The molecule has 0 spiro atoms. The second-order valence-corrected chi connectivity index (χ2v) is 5.03. The van der Waals surface area contributed by atoms with Gasteiger partial charge in [0.2, 0.25) is 5.89 Å². The average Bonchev–Trinajstić information content (AvgIpc) is 2.98. The second-order valence-electron chi connectivity index (χ2n) is 4.63. The minimum atomic E-state index is 0.379. The van der Waals surface area contributed by atoms with Gasteiger partial charge in [-0.1, -0.05) is 23.7 Å². The van der Waals surface area contributed by atoms with Gasteiger partial charge in [-0.05, 0) is 35.9 Å². The highest BCUT2D eigenvalue weighted by molar-refractivity contribution is 6.50. The highest BCUT2D eigenvalue weighted by Crippen LogP contribution is 2.29. The van der Waals surface area contributed by atoms with Crippen LogP contribution in [0.25, 0.3) is 22.2 Å². The fourth-order valence-electron chi connectivity index (χ4n) is 2.10. The molecular formula is C17H14ClNO3. The molecule has 5 heteroatoms. The molecule has 0 saturated heterocycles. The summed E-state index contributed by atoms with van der Waals surface area (Å²) in [6, 6.07) is 13.0. The minimum Gasteiger partial charge on any atom is -0.497 e. The van der Waals surface area contributed by atoms with Crippen LogP contribution in [0.1, 0.15) is 11.5 Å². The molecule has 0 bridgehead atoms. The van der Waals surface area contributed by atoms with E-state index in [1.54, 1.807) is 26.4 Å². The maximum atomic E-state index is 6.33. The smallest absolute Gasteiger partial charge is 0.238 e. The number of aromatic nitrogens is 1. The fraction of sp³-hybridized carbons (Fsp3) is 0.118. The third-order valence-corrected chi connectivity index (χ3v) is 3.44. The van der Waals surface area contributed by atoms with Gasteiger partial charge in [-0.15, -0.1) is 0 Å². The van der Waals surface area contributed by atoms with Crippen LogP contribution in [0.5, 0.6) is 11.5 Å². The molecule has 2 aromatic carbocycles. The Labute approximate surface area is 132 Å². The van der Waals surface area contributed by atoms with Crippen molar-refractivity contribution < 1.29 is 13.9 Å². The summed E-state index contributed by atoms with van der Waals surface area (Å²) >= 11 is 6.33. The fourth-order valence-corrected chi connectivity index (χ4v) is 2.30. The molecule has 0 unspecified atom stereocenters. The zero-order valence-corrected chi connectivity index (χ0v) is 12.9. The number of methoxy groups -OCH3 is 2. The lowest BCUT2D eigenvalue weighted by molar-refractivity contribution is 0.394. The van der Waals surface area contributed by atoms with Crippen LogP contribution in [0.4, 0.5) is 0 Å². The molecule has 0 N–H and O–H groups in total. The van der Waals surface area contributed by atoms with Crippen molar-refractivity contribution in [2.45, 2.75) is 0 Å². The van der Waals surface area contributed by atoms with E-state index in [0.717, 1.165) is 11.1 Å². The van der Waals surface area contributed by atoms with Crippen LogP contribution < -0.4 is 9.47 Å². The van der Waals surface area contributed by atoms with Crippen molar-refractivity contribution in [3.63, 3.8) is 0 Å². The minimum absolute atomic E-state index is 0.379. The summed E-state index contributed by atoms with van der Waals surface area (Å²) in [5, 5.41) is 0.409.